The quantitative estimate of drug-likeness (QED) is 0.731. The number of hydrogen-bond acceptors (Lipinski definition) is 3. The summed E-state index contributed by atoms with van der Waals surface area (Å²) in [5, 5.41) is 11.9. The van der Waals surface area contributed by atoms with Crippen molar-refractivity contribution in [3.05, 3.63) is 21.9 Å². The Morgan fingerprint density at radius 3 is 2.75 bits per heavy atom. The van der Waals surface area contributed by atoms with Gasteiger partial charge in [0.25, 0.3) is 0 Å². The molecule has 1 aromatic rings. The van der Waals surface area contributed by atoms with Gasteiger partial charge in [0.2, 0.25) is 0 Å². The van der Waals surface area contributed by atoms with E-state index in [4.69, 9.17) is 5.73 Å². The molecule has 1 heterocycles. The molecule has 0 bridgehead atoms. The molecule has 1 aliphatic rings. The van der Waals surface area contributed by atoms with Crippen LogP contribution in [0, 0.1) is 6.92 Å². The molecule has 2 nitrogen and oxygen atoms in total. The molecule has 3 N–H and O–H groups in total. The first-order valence-electron chi connectivity index (χ1n) is 4.14. The Labute approximate surface area is 76.0 Å². The summed E-state index contributed by atoms with van der Waals surface area (Å²) >= 11 is 1.59. The summed E-state index contributed by atoms with van der Waals surface area (Å²) in [5.74, 6) is 0. The summed E-state index contributed by atoms with van der Waals surface area (Å²) in [7, 11) is 0. The molecule has 2 rings (SSSR count). The van der Waals surface area contributed by atoms with E-state index in [1.807, 2.05) is 18.4 Å². The van der Waals surface area contributed by atoms with Gasteiger partial charge in [-0.1, -0.05) is 0 Å². The highest BCUT2D eigenvalue weighted by Gasteiger charge is 2.46. The van der Waals surface area contributed by atoms with E-state index in [1.165, 1.54) is 0 Å². The molecule has 12 heavy (non-hydrogen) atoms. The van der Waals surface area contributed by atoms with Crippen molar-refractivity contribution in [1.82, 2.24) is 0 Å². The van der Waals surface area contributed by atoms with Gasteiger partial charge < -0.3 is 10.8 Å². The number of aliphatic hydroxyl groups excluding tert-OH is 1. The molecular weight excluding hydrogens is 170 g/mol. The van der Waals surface area contributed by atoms with E-state index in [-0.39, 0.29) is 5.54 Å². The van der Waals surface area contributed by atoms with Gasteiger partial charge in [-0.2, -0.15) is 0 Å². The van der Waals surface area contributed by atoms with E-state index in [2.05, 4.69) is 0 Å². The molecule has 1 unspecified atom stereocenters. The smallest absolute Gasteiger partial charge is 0.106 e. The second-order valence-corrected chi connectivity index (χ2v) is 4.55. The minimum absolute atomic E-state index is 0.310. The Balaban J connectivity index is 2.25. The molecule has 0 aromatic carbocycles. The number of rotatable bonds is 2. The summed E-state index contributed by atoms with van der Waals surface area (Å²) in [6, 6.07) is 2.02. The molecule has 0 radical (unpaired) electrons. The first-order valence-corrected chi connectivity index (χ1v) is 5.02. The van der Waals surface area contributed by atoms with E-state index in [9.17, 15) is 5.11 Å². The molecule has 1 fully saturated rings. The minimum atomic E-state index is -0.447. The maximum absolute atomic E-state index is 9.87. The SMILES string of the molecule is Cc1ccsc1C(O)C1(N)CC1. The predicted octanol–water partition coefficient (Wildman–Crippen LogP) is 1.58. The Kier molecular flexibility index (Phi) is 1.75. The molecule has 1 saturated carbocycles. The van der Waals surface area contributed by atoms with Crippen LogP contribution < -0.4 is 5.73 Å². The number of hydrogen-bond donors (Lipinski definition) is 2. The van der Waals surface area contributed by atoms with Crippen molar-refractivity contribution in [2.24, 2.45) is 5.73 Å². The summed E-state index contributed by atoms with van der Waals surface area (Å²) in [6.07, 6.45) is 1.45. The van der Waals surface area contributed by atoms with Crippen LogP contribution in [0.3, 0.4) is 0 Å². The van der Waals surface area contributed by atoms with Gasteiger partial charge in [0.1, 0.15) is 6.10 Å². The van der Waals surface area contributed by atoms with Gasteiger partial charge >= 0.3 is 0 Å². The zero-order valence-electron chi connectivity index (χ0n) is 7.08. The third kappa shape index (κ3) is 1.18. The number of nitrogens with two attached hydrogens (primary N) is 1. The van der Waals surface area contributed by atoms with Crippen molar-refractivity contribution in [2.45, 2.75) is 31.4 Å². The van der Waals surface area contributed by atoms with Gasteiger partial charge in [-0.25, -0.2) is 0 Å². The lowest BCUT2D eigenvalue weighted by atomic mass is 10.1. The molecule has 0 aliphatic heterocycles. The topological polar surface area (TPSA) is 46.2 Å². The molecule has 3 heteroatoms. The maximum Gasteiger partial charge on any atom is 0.106 e. The van der Waals surface area contributed by atoms with Gasteiger partial charge in [-0.05, 0) is 36.8 Å². The van der Waals surface area contributed by atoms with Crippen LogP contribution in [0.2, 0.25) is 0 Å². The van der Waals surface area contributed by atoms with Crippen molar-refractivity contribution in [1.29, 1.82) is 0 Å². The van der Waals surface area contributed by atoms with Gasteiger partial charge in [0, 0.05) is 10.4 Å². The van der Waals surface area contributed by atoms with Crippen molar-refractivity contribution in [3.8, 4) is 0 Å². The second-order valence-electron chi connectivity index (χ2n) is 3.60. The Bertz CT molecular complexity index is 290. The van der Waals surface area contributed by atoms with Gasteiger partial charge in [-0.3, -0.25) is 0 Å². The predicted molar refractivity (Wildman–Crippen MR) is 50.2 cm³/mol. The lowest BCUT2D eigenvalue weighted by Gasteiger charge is -2.16. The highest BCUT2D eigenvalue weighted by atomic mass is 32.1. The zero-order valence-corrected chi connectivity index (χ0v) is 7.90. The van der Waals surface area contributed by atoms with Crippen LogP contribution in [0.1, 0.15) is 29.4 Å². The molecule has 66 valence electrons. The number of thiophene rings is 1. The largest absolute Gasteiger partial charge is 0.386 e. The number of aryl methyl sites for hydroxylation is 1. The van der Waals surface area contributed by atoms with Crippen LogP contribution in [-0.4, -0.2) is 10.6 Å². The van der Waals surface area contributed by atoms with Crippen LogP contribution >= 0.6 is 11.3 Å². The Hall–Kier alpha value is -0.380. The summed E-state index contributed by atoms with van der Waals surface area (Å²) in [6.45, 7) is 2.01. The summed E-state index contributed by atoms with van der Waals surface area (Å²) in [4.78, 5) is 1.04. The standard InChI is InChI=1S/C9H13NOS/c1-6-2-5-12-7(6)8(11)9(10)3-4-9/h2,5,8,11H,3-4,10H2,1H3. The average Bonchev–Trinajstić information content (AvgIpc) is 2.63. The number of aliphatic hydroxyl groups is 1. The lowest BCUT2D eigenvalue weighted by molar-refractivity contribution is 0.139. The molecule has 1 aromatic heterocycles. The molecule has 0 spiro atoms. The van der Waals surface area contributed by atoms with Crippen molar-refractivity contribution < 1.29 is 5.11 Å². The van der Waals surface area contributed by atoms with Gasteiger partial charge in [-0.15, -0.1) is 11.3 Å². The fourth-order valence-electron chi connectivity index (χ4n) is 1.34. The van der Waals surface area contributed by atoms with Crippen molar-refractivity contribution >= 4 is 11.3 Å². The van der Waals surface area contributed by atoms with Crippen LogP contribution in [0.15, 0.2) is 11.4 Å². The van der Waals surface area contributed by atoms with E-state index >= 15 is 0 Å². The second kappa shape index (κ2) is 2.55. The van der Waals surface area contributed by atoms with E-state index in [0.717, 1.165) is 23.3 Å². The van der Waals surface area contributed by atoms with Crippen LogP contribution in [-0.2, 0) is 0 Å². The summed E-state index contributed by atoms with van der Waals surface area (Å²) < 4.78 is 0. The van der Waals surface area contributed by atoms with Crippen molar-refractivity contribution in [3.63, 3.8) is 0 Å². The van der Waals surface area contributed by atoms with E-state index in [1.54, 1.807) is 11.3 Å². The first-order chi connectivity index (χ1) is 5.63. The van der Waals surface area contributed by atoms with Gasteiger partial charge in [0.15, 0.2) is 0 Å². The Morgan fingerprint density at radius 1 is 1.67 bits per heavy atom. The first kappa shape index (κ1) is 8.23. The third-order valence-electron chi connectivity index (χ3n) is 2.52. The highest BCUT2D eigenvalue weighted by Crippen LogP contribution is 2.45. The zero-order chi connectivity index (χ0) is 8.77. The van der Waals surface area contributed by atoms with Crippen molar-refractivity contribution in [2.75, 3.05) is 0 Å². The minimum Gasteiger partial charge on any atom is -0.386 e. The summed E-state index contributed by atoms with van der Waals surface area (Å²) in [5.41, 5.74) is 6.75. The molecule has 1 atom stereocenters. The fourth-order valence-corrected chi connectivity index (χ4v) is 2.38. The van der Waals surface area contributed by atoms with Crippen LogP contribution in [0.4, 0.5) is 0 Å². The molecule has 0 amide bonds. The third-order valence-corrected chi connectivity index (χ3v) is 3.59. The molecule has 1 aliphatic carbocycles. The monoisotopic (exact) mass is 183 g/mol. The molecule has 0 saturated heterocycles. The van der Waals surface area contributed by atoms with Crippen LogP contribution in [0.25, 0.3) is 0 Å². The van der Waals surface area contributed by atoms with E-state index < -0.39 is 6.10 Å². The average molecular weight is 183 g/mol. The maximum atomic E-state index is 9.87. The fraction of sp³-hybridized carbons (Fsp3) is 0.556. The molecular formula is C9H13NOS. The van der Waals surface area contributed by atoms with Crippen LogP contribution in [0.5, 0.6) is 0 Å². The van der Waals surface area contributed by atoms with Gasteiger partial charge in [0.05, 0.1) is 0 Å². The normalized spacial score (nSPS) is 22.2. The Morgan fingerprint density at radius 2 is 2.33 bits per heavy atom. The van der Waals surface area contributed by atoms with E-state index in [0.29, 0.717) is 0 Å². The lowest BCUT2D eigenvalue weighted by Crippen LogP contribution is -2.30. The highest BCUT2D eigenvalue weighted by molar-refractivity contribution is 7.10.